The van der Waals surface area contributed by atoms with Gasteiger partial charge in [-0.05, 0) is 37.0 Å². The fraction of sp³-hybridized carbons (Fsp3) is 0.600. The van der Waals surface area contributed by atoms with Crippen LogP contribution in [0.3, 0.4) is 0 Å². The van der Waals surface area contributed by atoms with E-state index < -0.39 is 11.7 Å². The molecular formula is C15H22F3NO. The van der Waals surface area contributed by atoms with Crippen LogP contribution >= 0.6 is 0 Å². The monoisotopic (exact) mass is 289 g/mol. The molecule has 2 nitrogen and oxygen atoms in total. The summed E-state index contributed by atoms with van der Waals surface area (Å²) in [6.45, 7) is 6.52. The molecule has 0 heterocycles. The second-order valence-corrected chi connectivity index (χ2v) is 5.23. The first-order valence-electron chi connectivity index (χ1n) is 6.79. The Labute approximate surface area is 118 Å². The molecule has 2 unspecified atom stereocenters. The van der Waals surface area contributed by atoms with Crippen LogP contribution in [0.1, 0.15) is 31.9 Å². The summed E-state index contributed by atoms with van der Waals surface area (Å²) in [6, 6.07) is 4.91. The highest BCUT2D eigenvalue weighted by Crippen LogP contribution is 2.29. The quantitative estimate of drug-likeness (QED) is 0.868. The molecule has 0 amide bonds. The van der Waals surface area contributed by atoms with E-state index in [0.717, 1.165) is 17.7 Å². The Morgan fingerprint density at radius 3 is 2.10 bits per heavy atom. The molecule has 0 spiro atoms. The number of rotatable bonds is 6. The lowest BCUT2D eigenvalue weighted by Crippen LogP contribution is -2.42. The van der Waals surface area contributed by atoms with Gasteiger partial charge in [-0.1, -0.05) is 26.0 Å². The van der Waals surface area contributed by atoms with Crippen LogP contribution in [0.2, 0.25) is 0 Å². The summed E-state index contributed by atoms with van der Waals surface area (Å²) in [6.07, 6.45) is -3.89. The third kappa shape index (κ3) is 4.80. The third-order valence-electron chi connectivity index (χ3n) is 3.19. The molecule has 0 aliphatic heterocycles. The largest absolute Gasteiger partial charge is 0.416 e. The van der Waals surface area contributed by atoms with E-state index in [0.29, 0.717) is 13.0 Å². The zero-order chi connectivity index (χ0) is 15.3. The van der Waals surface area contributed by atoms with Crippen molar-refractivity contribution in [3.05, 3.63) is 35.4 Å². The SMILES string of the molecule is CCOC(C(C)C)C(N)Cc1ccc(C(F)(F)F)cc1. The summed E-state index contributed by atoms with van der Waals surface area (Å²) in [5, 5.41) is 0. The van der Waals surface area contributed by atoms with Crippen molar-refractivity contribution in [1.82, 2.24) is 0 Å². The van der Waals surface area contributed by atoms with Gasteiger partial charge >= 0.3 is 6.18 Å². The number of nitrogens with two attached hydrogens (primary N) is 1. The van der Waals surface area contributed by atoms with Crippen LogP contribution in [0.25, 0.3) is 0 Å². The average Bonchev–Trinajstić information content (AvgIpc) is 2.34. The second-order valence-electron chi connectivity index (χ2n) is 5.23. The summed E-state index contributed by atoms with van der Waals surface area (Å²) in [5.41, 5.74) is 6.26. The Kier molecular flexibility index (Phi) is 6.02. The molecule has 0 radical (unpaired) electrons. The Balaban J connectivity index is 2.72. The van der Waals surface area contributed by atoms with Crippen LogP contribution in [0, 0.1) is 5.92 Å². The summed E-state index contributed by atoms with van der Waals surface area (Å²) in [7, 11) is 0. The predicted molar refractivity (Wildman–Crippen MR) is 73.4 cm³/mol. The minimum Gasteiger partial charge on any atom is -0.377 e. The van der Waals surface area contributed by atoms with Crippen LogP contribution in [-0.2, 0) is 17.3 Å². The highest BCUT2D eigenvalue weighted by Gasteiger charge is 2.30. The normalized spacial score (nSPS) is 15.4. The fourth-order valence-corrected chi connectivity index (χ4v) is 2.22. The Morgan fingerprint density at radius 1 is 1.15 bits per heavy atom. The molecule has 114 valence electrons. The molecule has 2 atom stereocenters. The van der Waals surface area contributed by atoms with Gasteiger partial charge in [-0.25, -0.2) is 0 Å². The molecule has 0 bridgehead atoms. The average molecular weight is 289 g/mol. The maximum atomic E-state index is 12.5. The zero-order valence-corrected chi connectivity index (χ0v) is 12.1. The van der Waals surface area contributed by atoms with E-state index in [1.807, 2.05) is 20.8 Å². The fourth-order valence-electron chi connectivity index (χ4n) is 2.22. The maximum absolute atomic E-state index is 12.5. The molecule has 0 saturated carbocycles. The van der Waals surface area contributed by atoms with Crippen molar-refractivity contribution < 1.29 is 17.9 Å². The van der Waals surface area contributed by atoms with Crippen molar-refractivity contribution in [2.75, 3.05) is 6.61 Å². The van der Waals surface area contributed by atoms with E-state index in [4.69, 9.17) is 10.5 Å². The highest BCUT2D eigenvalue weighted by atomic mass is 19.4. The van der Waals surface area contributed by atoms with Crippen LogP contribution in [0.15, 0.2) is 24.3 Å². The van der Waals surface area contributed by atoms with E-state index in [1.165, 1.54) is 12.1 Å². The Bertz CT molecular complexity index is 401. The van der Waals surface area contributed by atoms with Crippen molar-refractivity contribution in [3.8, 4) is 0 Å². The summed E-state index contributed by atoms with van der Waals surface area (Å²) < 4.78 is 43.0. The van der Waals surface area contributed by atoms with Gasteiger partial charge in [-0.2, -0.15) is 13.2 Å². The van der Waals surface area contributed by atoms with Gasteiger partial charge in [0.1, 0.15) is 0 Å². The van der Waals surface area contributed by atoms with Crippen molar-refractivity contribution in [3.63, 3.8) is 0 Å². The molecule has 0 fully saturated rings. The molecule has 2 N–H and O–H groups in total. The summed E-state index contributed by atoms with van der Waals surface area (Å²) >= 11 is 0. The Morgan fingerprint density at radius 2 is 1.70 bits per heavy atom. The minimum absolute atomic E-state index is 0.0951. The molecular weight excluding hydrogens is 267 g/mol. The number of alkyl halides is 3. The van der Waals surface area contributed by atoms with E-state index in [-0.39, 0.29) is 18.1 Å². The standard InChI is InChI=1S/C15H22F3NO/c1-4-20-14(10(2)3)13(19)9-11-5-7-12(8-6-11)15(16,17)18/h5-8,10,13-14H,4,9,19H2,1-3H3. The second kappa shape index (κ2) is 7.09. The smallest absolute Gasteiger partial charge is 0.377 e. The van der Waals surface area contributed by atoms with Crippen LogP contribution in [-0.4, -0.2) is 18.8 Å². The Hall–Kier alpha value is -1.07. The van der Waals surface area contributed by atoms with Gasteiger partial charge in [0.2, 0.25) is 0 Å². The van der Waals surface area contributed by atoms with Gasteiger partial charge < -0.3 is 10.5 Å². The molecule has 1 aromatic carbocycles. The van der Waals surface area contributed by atoms with Crippen molar-refractivity contribution in [2.24, 2.45) is 11.7 Å². The van der Waals surface area contributed by atoms with Crippen molar-refractivity contribution >= 4 is 0 Å². The van der Waals surface area contributed by atoms with Gasteiger partial charge in [0.25, 0.3) is 0 Å². The minimum atomic E-state index is -4.30. The number of halogens is 3. The lowest BCUT2D eigenvalue weighted by molar-refractivity contribution is -0.137. The lowest BCUT2D eigenvalue weighted by atomic mass is 9.94. The topological polar surface area (TPSA) is 35.2 Å². The van der Waals surface area contributed by atoms with Crippen molar-refractivity contribution in [1.29, 1.82) is 0 Å². The first kappa shape index (κ1) is 17.0. The number of benzene rings is 1. The molecule has 20 heavy (non-hydrogen) atoms. The summed E-state index contributed by atoms with van der Waals surface area (Å²) in [4.78, 5) is 0. The van der Waals surface area contributed by atoms with Gasteiger partial charge in [0, 0.05) is 12.6 Å². The van der Waals surface area contributed by atoms with Crippen LogP contribution < -0.4 is 5.73 Å². The van der Waals surface area contributed by atoms with Gasteiger partial charge in [0.05, 0.1) is 11.7 Å². The van der Waals surface area contributed by atoms with Gasteiger partial charge in [0.15, 0.2) is 0 Å². The molecule has 1 rings (SSSR count). The van der Waals surface area contributed by atoms with E-state index in [9.17, 15) is 13.2 Å². The van der Waals surface area contributed by atoms with Crippen LogP contribution in [0.4, 0.5) is 13.2 Å². The molecule has 1 aromatic rings. The molecule has 5 heteroatoms. The van der Waals surface area contributed by atoms with Crippen molar-refractivity contribution in [2.45, 2.75) is 45.5 Å². The number of hydrogen-bond donors (Lipinski definition) is 1. The van der Waals surface area contributed by atoms with E-state index in [1.54, 1.807) is 0 Å². The molecule has 0 saturated heterocycles. The first-order valence-corrected chi connectivity index (χ1v) is 6.79. The predicted octanol–water partition coefficient (Wildman–Crippen LogP) is 3.64. The summed E-state index contributed by atoms with van der Waals surface area (Å²) in [5.74, 6) is 0.263. The molecule has 0 aliphatic carbocycles. The molecule has 0 aliphatic rings. The van der Waals surface area contributed by atoms with E-state index >= 15 is 0 Å². The third-order valence-corrected chi connectivity index (χ3v) is 3.19. The van der Waals surface area contributed by atoms with Crippen LogP contribution in [0.5, 0.6) is 0 Å². The lowest BCUT2D eigenvalue weighted by Gasteiger charge is -2.27. The molecule has 0 aromatic heterocycles. The highest BCUT2D eigenvalue weighted by molar-refractivity contribution is 5.25. The van der Waals surface area contributed by atoms with E-state index in [2.05, 4.69) is 0 Å². The van der Waals surface area contributed by atoms with Gasteiger partial charge in [-0.15, -0.1) is 0 Å². The van der Waals surface area contributed by atoms with Gasteiger partial charge in [-0.3, -0.25) is 0 Å². The number of ether oxygens (including phenoxy) is 1. The number of hydrogen-bond acceptors (Lipinski definition) is 2. The first-order chi connectivity index (χ1) is 9.25. The maximum Gasteiger partial charge on any atom is 0.416 e. The zero-order valence-electron chi connectivity index (χ0n) is 12.1.